The maximum absolute atomic E-state index is 13.3. The molecule has 0 aromatic heterocycles. The zero-order valence-electron chi connectivity index (χ0n) is 18.9. The minimum absolute atomic E-state index is 0.0426. The van der Waals surface area contributed by atoms with Gasteiger partial charge in [0.05, 0.1) is 16.1 Å². The van der Waals surface area contributed by atoms with E-state index in [1.54, 1.807) is 18.2 Å². The van der Waals surface area contributed by atoms with Crippen LogP contribution in [0.2, 0.25) is 10.0 Å². The number of benzene rings is 2. The van der Waals surface area contributed by atoms with E-state index in [1.165, 1.54) is 5.56 Å². The molecule has 0 spiro atoms. The second-order valence-electron chi connectivity index (χ2n) is 8.42. The summed E-state index contributed by atoms with van der Waals surface area (Å²) in [4.78, 5) is 27.8. The molecule has 1 saturated heterocycles. The zero-order chi connectivity index (χ0) is 23.8. The number of rotatable bonds is 9. The number of hydrogen-bond donors (Lipinski definition) is 3. The van der Waals surface area contributed by atoms with Gasteiger partial charge in [-0.05, 0) is 49.6 Å². The molecule has 178 valence electrons. The molecule has 2 amide bonds. The lowest BCUT2D eigenvalue weighted by Crippen LogP contribution is -2.49. The quantitative estimate of drug-likeness (QED) is 0.498. The van der Waals surface area contributed by atoms with Crippen molar-refractivity contribution in [1.29, 1.82) is 0 Å². The van der Waals surface area contributed by atoms with Crippen molar-refractivity contribution in [2.75, 3.05) is 26.2 Å². The highest BCUT2D eigenvalue weighted by molar-refractivity contribution is 6.42. The number of hydrogen-bond acceptors (Lipinski definition) is 4. The molecule has 33 heavy (non-hydrogen) atoms. The number of nitrogens with zero attached hydrogens (tertiary/aromatic N) is 1. The summed E-state index contributed by atoms with van der Waals surface area (Å²) in [7, 11) is 0. The molecule has 0 saturated carbocycles. The third-order valence-corrected chi connectivity index (χ3v) is 6.88. The number of carbonyl (C=O) groups is 2. The first-order valence-electron chi connectivity index (χ1n) is 11.5. The van der Waals surface area contributed by atoms with Crippen LogP contribution in [0.4, 0.5) is 0 Å². The lowest BCUT2D eigenvalue weighted by atomic mass is 9.95. The molecule has 1 fully saturated rings. The van der Waals surface area contributed by atoms with E-state index in [2.05, 4.69) is 29.7 Å². The van der Waals surface area contributed by atoms with Gasteiger partial charge in [0.1, 0.15) is 0 Å². The fraction of sp³-hybridized carbons (Fsp3) is 0.440. The van der Waals surface area contributed by atoms with Crippen LogP contribution in [-0.2, 0) is 4.79 Å². The van der Waals surface area contributed by atoms with Crippen molar-refractivity contribution in [2.24, 2.45) is 5.73 Å². The molecule has 8 heteroatoms. The maximum atomic E-state index is 13.3. The molecule has 6 nitrogen and oxygen atoms in total. The van der Waals surface area contributed by atoms with Crippen LogP contribution in [0.15, 0.2) is 48.5 Å². The highest BCUT2D eigenvalue weighted by Crippen LogP contribution is 2.24. The normalized spacial score (nSPS) is 19.8. The van der Waals surface area contributed by atoms with Gasteiger partial charge in [0, 0.05) is 37.2 Å². The molecule has 4 N–H and O–H groups in total. The van der Waals surface area contributed by atoms with Gasteiger partial charge >= 0.3 is 0 Å². The highest BCUT2D eigenvalue weighted by atomic mass is 35.5. The van der Waals surface area contributed by atoms with Crippen molar-refractivity contribution in [2.45, 2.75) is 44.2 Å². The van der Waals surface area contributed by atoms with Crippen molar-refractivity contribution in [3.05, 3.63) is 69.7 Å². The lowest BCUT2D eigenvalue weighted by Gasteiger charge is -2.28. The fourth-order valence-corrected chi connectivity index (χ4v) is 4.51. The van der Waals surface area contributed by atoms with Gasteiger partial charge in [-0.1, -0.05) is 60.5 Å². The van der Waals surface area contributed by atoms with Gasteiger partial charge in [-0.15, -0.1) is 0 Å². The summed E-state index contributed by atoms with van der Waals surface area (Å²) in [6, 6.07) is 14.7. The molecule has 1 aliphatic heterocycles. The van der Waals surface area contributed by atoms with Crippen molar-refractivity contribution in [3.63, 3.8) is 0 Å². The van der Waals surface area contributed by atoms with Crippen LogP contribution in [0.3, 0.4) is 0 Å². The summed E-state index contributed by atoms with van der Waals surface area (Å²) in [6.07, 6.45) is 2.24. The first kappa shape index (κ1) is 25.5. The topological polar surface area (TPSA) is 87.5 Å². The van der Waals surface area contributed by atoms with Crippen LogP contribution < -0.4 is 16.4 Å². The van der Waals surface area contributed by atoms with Crippen LogP contribution >= 0.6 is 23.2 Å². The molecule has 0 radical (unpaired) electrons. The molecule has 2 aromatic carbocycles. The Morgan fingerprint density at radius 2 is 1.97 bits per heavy atom. The van der Waals surface area contributed by atoms with Crippen LogP contribution in [0.5, 0.6) is 0 Å². The number of amides is 2. The first-order valence-corrected chi connectivity index (χ1v) is 12.2. The Morgan fingerprint density at radius 3 is 2.64 bits per heavy atom. The SMILES string of the molecule is CC[C@H](CN1CC[C@H](CNC(=O)c2ccc(Cl)c(Cl)c2)N[C@H](CCN)C1=O)c1ccccc1. The van der Waals surface area contributed by atoms with Gasteiger partial charge in [-0.3, -0.25) is 9.59 Å². The van der Waals surface area contributed by atoms with Gasteiger partial charge < -0.3 is 21.3 Å². The minimum atomic E-state index is -0.363. The number of nitrogens with one attached hydrogen (secondary N) is 2. The van der Waals surface area contributed by atoms with Crippen molar-refractivity contribution >= 4 is 35.0 Å². The van der Waals surface area contributed by atoms with E-state index in [9.17, 15) is 9.59 Å². The maximum Gasteiger partial charge on any atom is 0.251 e. The average molecular weight is 491 g/mol. The molecular weight excluding hydrogens is 459 g/mol. The third kappa shape index (κ3) is 6.93. The van der Waals surface area contributed by atoms with Gasteiger partial charge in [-0.2, -0.15) is 0 Å². The number of halogens is 2. The van der Waals surface area contributed by atoms with Crippen molar-refractivity contribution < 1.29 is 9.59 Å². The Bertz CT molecular complexity index is 941. The standard InChI is InChI=1S/C25H32Cl2N4O2/c1-2-17(18-6-4-3-5-7-18)16-31-13-11-20(30-23(10-12-28)25(31)33)15-29-24(32)19-8-9-21(26)22(27)14-19/h3-9,14,17,20,23,30H,2,10-13,15-16,28H2,1H3,(H,29,32)/t17-,20-,23-/m1/s1. The molecule has 3 atom stereocenters. The largest absolute Gasteiger partial charge is 0.350 e. The van der Waals surface area contributed by atoms with E-state index in [0.717, 1.165) is 12.8 Å². The van der Waals surface area contributed by atoms with E-state index < -0.39 is 0 Å². The van der Waals surface area contributed by atoms with Gasteiger partial charge in [0.15, 0.2) is 0 Å². The Labute approximate surface area is 205 Å². The monoisotopic (exact) mass is 490 g/mol. The number of carbonyl (C=O) groups excluding carboxylic acids is 2. The third-order valence-electron chi connectivity index (χ3n) is 6.14. The van der Waals surface area contributed by atoms with E-state index >= 15 is 0 Å². The van der Waals surface area contributed by atoms with E-state index in [4.69, 9.17) is 28.9 Å². The minimum Gasteiger partial charge on any atom is -0.350 e. The summed E-state index contributed by atoms with van der Waals surface area (Å²) in [5.41, 5.74) is 7.49. The summed E-state index contributed by atoms with van der Waals surface area (Å²) >= 11 is 12.0. The summed E-state index contributed by atoms with van der Waals surface area (Å²) in [6.45, 7) is 4.26. The predicted molar refractivity (Wildman–Crippen MR) is 134 cm³/mol. The summed E-state index contributed by atoms with van der Waals surface area (Å²) < 4.78 is 0. The van der Waals surface area contributed by atoms with E-state index in [-0.39, 0.29) is 29.8 Å². The molecule has 0 bridgehead atoms. The Kier molecular flexibility index (Phi) is 9.56. The number of nitrogens with two attached hydrogens (primary N) is 1. The molecule has 3 rings (SSSR count). The highest BCUT2D eigenvalue weighted by Gasteiger charge is 2.31. The predicted octanol–water partition coefficient (Wildman–Crippen LogP) is 3.82. The zero-order valence-corrected chi connectivity index (χ0v) is 20.4. The van der Waals surface area contributed by atoms with Crippen LogP contribution in [0.1, 0.15) is 48.0 Å². The fourth-order valence-electron chi connectivity index (χ4n) is 4.21. The Hall–Kier alpha value is -2.12. The Balaban J connectivity index is 1.65. The second-order valence-corrected chi connectivity index (χ2v) is 9.24. The summed E-state index contributed by atoms with van der Waals surface area (Å²) in [5, 5.41) is 7.11. The molecule has 1 heterocycles. The second kappa shape index (κ2) is 12.4. The van der Waals surface area contributed by atoms with Crippen molar-refractivity contribution in [3.8, 4) is 0 Å². The Morgan fingerprint density at radius 1 is 1.21 bits per heavy atom. The van der Waals surface area contributed by atoms with Gasteiger partial charge in [-0.25, -0.2) is 0 Å². The van der Waals surface area contributed by atoms with Gasteiger partial charge in [0.25, 0.3) is 5.91 Å². The molecule has 0 unspecified atom stereocenters. The molecule has 2 aromatic rings. The van der Waals surface area contributed by atoms with Crippen LogP contribution in [-0.4, -0.2) is 55.0 Å². The molecule has 0 aliphatic carbocycles. The van der Waals surface area contributed by atoms with E-state index in [0.29, 0.717) is 48.2 Å². The summed E-state index contributed by atoms with van der Waals surface area (Å²) in [5.74, 6) is 0.126. The van der Waals surface area contributed by atoms with Crippen molar-refractivity contribution in [1.82, 2.24) is 15.5 Å². The average Bonchev–Trinajstić information content (AvgIpc) is 2.97. The lowest BCUT2D eigenvalue weighted by molar-refractivity contribution is -0.133. The van der Waals surface area contributed by atoms with Crippen LogP contribution in [0.25, 0.3) is 0 Å². The first-order chi connectivity index (χ1) is 15.9. The molecular formula is C25H32Cl2N4O2. The van der Waals surface area contributed by atoms with E-state index in [1.807, 2.05) is 23.1 Å². The van der Waals surface area contributed by atoms with Crippen LogP contribution in [0, 0.1) is 0 Å². The van der Waals surface area contributed by atoms with Gasteiger partial charge in [0.2, 0.25) is 5.91 Å². The molecule has 1 aliphatic rings. The smallest absolute Gasteiger partial charge is 0.251 e.